The number of benzene rings is 1. The topological polar surface area (TPSA) is 108 Å². The van der Waals surface area contributed by atoms with Gasteiger partial charge in [-0.25, -0.2) is 0 Å². The minimum Gasteiger partial charge on any atom is -0.360 e. The summed E-state index contributed by atoms with van der Waals surface area (Å²) in [5.41, 5.74) is -0.683. The van der Waals surface area contributed by atoms with Crippen LogP contribution in [0.15, 0.2) is 34.9 Å². The number of hydrogen-bond acceptors (Lipinski definition) is 5. The summed E-state index contributed by atoms with van der Waals surface area (Å²) in [7, 11) is 0. The molecular weight excluding hydrogens is 296 g/mol. The molecule has 0 aliphatic rings. The zero-order chi connectivity index (χ0) is 17.0. The van der Waals surface area contributed by atoms with Crippen LogP contribution < -0.4 is 10.6 Å². The van der Waals surface area contributed by atoms with Crippen LogP contribution in [0.3, 0.4) is 0 Å². The van der Waals surface area contributed by atoms with Crippen LogP contribution in [0.2, 0.25) is 0 Å². The Balaban J connectivity index is 2.13. The van der Waals surface area contributed by atoms with E-state index in [9.17, 15) is 9.59 Å². The van der Waals surface area contributed by atoms with Gasteiger partial charge in [0.25, 0.3) is 0 Å². The monoisotopic (exact) mass is 312 g/mol. The highest BCUT2D eigenvalue weighted by Gasteiger charge is 2.36. The van der Waals surface area contributed by atoms with Crippen LogP contribution >= 0.6 is 0 Å². The van der Waals surface area contributed by atoms with Crippen molar-refractivity contribution in [3.05, 3.63) is 41.7 Å². The van der Waals surface area contributed by atoms with Crippen molar-refractivity contribution < 1.29 is 14.1 Å². The first-order valence-electron chi connectivity index (χ1n) is 6.90. The third-order valence-corrected chi connectivity index (χ3v) is 3.30. The Morgan fingerprint density at radius 1 is 1.22 bits per heavy atom. The molecule has 0 atom stereocenters. The molecule has 1 aromatic heterocycles. The van der Waals surface area contributed by atoms with Gasteiger partial charge in [0.1, 0.15) is 17.2 Å². The molecule has 2 amide bonds. The van der Waals surface area contributed by atoms with Gasteiger partial charge >= 0.3 is 0 Å². The summed E-state index contributed by atoms with van der Waals surface area (Å²) in [5.74, 6) is -0.271. The molecule has 1 heterocycles. The first-order chi connectivity index (χ1) is 10.8. The number of para-hydroxylation sites is 1. The maximum atomic E-state index is 12.4. The lowest BCUT2D eigenvalue weighted by Gasteiger charge is -2.22. The Hall–Kier alpha value is -3.14. The van der Waals surface area contributed by atoms with Crippen molar-refractivity contribution in [2.45, 2.75) is 20.8 Å². The zero-order valence-electron chi connectivity index (χ0n) is 13.0. The van der Waals surface area contributed by atoms with Crippen LogP contribution in [0.1, 0.15) is 25.2 Å². The minimum atomic E-state index is -1.37. The number of anilines is 2. The second-order valence-electron chi connectivity index (χ2n) is 5.51. The van der Waals surface area contributed by atoms with Crippen LogP contribution in [0.4, 0.5) is 11.5 Å². The van der Waals surface area contributed by atoms with E-state index in [0.29, 0.717) is 17.0 Å². The minimum absolute atomic E-state index is 0.241. The molecule has 2 rings (SSSR count). The Kier molecular flexibility index (Phi) is 4.46. The fourth-order valence-electron chi connectivity index (χ4n) is 1.77. The molecule has 0 unspecified atom stereocenters. The van der Waals surface area contributed by atoms with Crippen LogP contribution in [0, 0.1) is 23.7 Å². The predicted octanol–water partition coefficient (Wildman–Crippen LogP) is 2.46. The van der Waals surface area contributed by atoms with Gasteiger partial charge in [-0.1, -0.05) is 17.3 Å². The van der Waals surface area contributed by atoms with E-state index in [2.05, 4.69) is 15.8 Å². The second-order valence-corrected chi connectivity index (χ2v) is 5.51. The number of nitriles is 1. The van der Waals surface area contributed by atoms with Crippen molar-refractivity contribution in [2.24, 2.45) is 5.41 Å². The Morgan fingerprint density at radius 2 is 1.87 bits per heavy atom. The summed E-state index contributed by atoms with van der Waals surface area (Å²) < 4.78 is 4.86. The van der Waals surface area contributed by atoms with Gasteiger partial charge in [0, 0.05) is 6.07 Å². The van der Waals surface area contributed by atoms with Gasteiger partial charge in [-0.2, -0.15) is 5.26 Å². The number of aromatic nitrogens is 1. The van der Waals surface area contributed by atoms with Crippen molar-refractivity contribution in [3.8, 4) is 6.07 Å². The average Bonchev–Trinajstić information content (AvgIpc) is 2.92. The van der Waals surface area contributed by atoms with Crippen molar-refractivity contribution in [3.63, 3.8) is 0 Å². The number of nitrogens with one attached hydrogen (secondary N) is 2. The smallest absolute Gasteiger partial charge is 0.240 e. The van der Waals surface area contributed by atoms with Crippen LogP contribution in [0.5, 0.6) is 0 Å². The molecule has 0 spiro atoms. The lowest BCUT2D eigenvalue weighted by Crippen LogP contribution is -2.41. The van der Waals surface area contributed by atoms with Crippen molar-refractivity contribution in [2.75, 3.05) is 10.6 Å². The van der Waals surface area contributed by atoms with Crippen LogP contribution in [-0.2, 0) is 9.59 Å². The molecule has 7 nitrogen and oxygen atoms in total. The number of rotatable bonds is 4. The Labute approximate surface area is 133 Å². The van der Waals surface area contributed by atoms with Gasteiger partial charge in [0.05, 0.1) is 11.3 Å². The van der Waals surface area contributed by atoms with Gasteiger partial charge in [-0.05, 0) is 32.9 Å². The molecule has 118 valence electrons. The molecule has 0 fully saturated rings. The summed E-state index contributed by atoms with van der Waals surface area (Å²) in [5, 5.41) is 17.8. The molecule has 0 saturated carbocycles. The van der Waals surface area contributed by atoms with Gasteiger partial charge in [-0.3, -0.25) is 9.59 Å². The summed E-state index contributed by atoms with van der Waals surface area (Å²) in [4.78, 5) is 24.7. The number of carbonyl (C=O) groups excluding carboxylic acids is 2. The standard InChI is InChI=1S/C16H16N4O3/c1-10-8-13(20-23-10)19-15(22)16(2,3)14(21)18-12-7-5-4-6-11(12)9-17/h4-8H,1-3H3,(H,18,21)(H,19,20,22). The summed E-state index contributed by atoms with van der Waals surface area (Å²) in [6.07, 6.45) is 0. The van der Waals surface area contributed by atoms with Crippen LogP contribution in [0.25, 0.3) is 0 Å². The Bertz CT molecular complexity index is 787. The zero-order valence-corrected chi connectivity index (χ0v) is 13.0. The quantitative estimate of drug-likeness (QED) is 0.843. The highest BCUT2D eigenvalue weighted by molar-refractivity contribution is 6.14. The molecule has 0 aliphatic carbocycles. The maximum absolute atomic E-state index is 12.4. The van der Waals surface area contributed by atoms with E-state index in [-0.39, 0.29) is 5.82 Å². The third kappa shape index (κ3) is 3.55. The van der Waals surface area contributed by atoms with E-state index in [1.54, 1.807) is 37.3 Å². The summed E-state index contributed by atoms with van der Waals surface area (Å²) in [6.45, 7) is 4.67. The van der Waals surface area contributed by atoms with Gasteiger partial charge in [0.2, 0.25) is 11.8 Å². The van der Waals surface area contributed by atoms with Crippen molar-refractivity contribution >= 4 is 23.3 Å². The van der Waals surface area contributed by atoms with Crippen molar-refractivity contribution in [1.82, 2.24) is 5.16 Å². The van der Waals surface area contributed by atoms with Gasteiger partial charge in [0.15, 0.2) is 5.82 Å². The number of aryl methyl sites for hydroxylation is 1. The first kappa shape index (κ1) is 16.2. The second kappa shape index (κ2) is 6.32. The summed E-state index contributed by atoms with van der Waals surface area (Å²) in [6, 6.07) is 10.1. The van der Waals surface area contributed by atoms with Gasteiger partial charge in [-0.15, -0.1) is 0 Å². The molecule has 7 heteroatoms. The molecule has 0 saturated heterocycles. The maximum Gasteiger partial charge on any atom is 0.240 e. The Morgan fingerprint density at radius 3 is 2.48 bits per heavy atom. The fraction of sp³-hybridized carbons (Fsp3) is 0.250. The van der Waals surface area contributed by atoms with Gasteiger partial charge < -0.3 is 15.2 Å². The number of carbonyl (C=O) groups is 2. The number of nitrogens with zero attached hydrogens (tertiary/aromatic N) is 2. The molecule has 2 aromatic rings. The predicted molar refractivity (Wildman–Crippen MR) is 83.4 cm³/mol. The fourth-order valence-corrected chi connectivity index (χ4v) is 1.77. The molecule has 1 aromatic carbocycles. The first-order valence-corrected chi connectivity index (χ1v) is 6.90. The average molecular weight is 312 g/mol. The molecular formula is C16H16N4O3. The highest BCUT2D eigenvalue weighted by Crippen LogP contribution is 2.23. The SMILES string of the molecule is Cc1cc(NC(=O)C(C)(C)C(=O)Nc2ccccc2C#N)no1. The number of amides is 2. The van der Waals surface area contributed by atoms with E-state index in [4.69, 9.17) is 9.78 Å². The highest BCUT2D eigenvalue weighted by atomic mass is 16.5. The normalized spacial score (nSPS) is 10.7. The lowest BCUT2D eigenvalue weighted by atomic mass is 9.90. The van der Waals surface area contributed by atoms with Crippen molar-refractivity contribution in [1.29, 1.82) is 5.26 Å². The molecule has 2 N–H and O–H groups in total. The molecule has 0 radical (unpaired) electrons. The molecule has 0 bridgehead atoms. The summed E-state index contributed by atoms with van der Waals surface area (Å²) >= 11 is 0. The van der Waals surface area contributed by atoms with E-state index in [0.717, 1.165) is 0 Å². The molecule has 23 heavy (non-hydrogen) atoms. The number of hydrogen-bond donors (Lipinski definition) is 2. The van der Waals surface area contributed by atoms with E-state index >= 15 is 0 Å². The van der Waals surface area contributed by atoms with Crippen LogP contribution in [-0.4, -0.2) is 17.0 Å². The largest absolute Gasteiger partial charge is 0.360 e. The van der Waals surface area contributed by atoms with E-state index < -0.39 is 17.2 Å². The third-order valence-electron chi connectivity index (χ3n) is 3.30. The van der Waals surface area contributed by atoms with E-state index in [1.165, 1.54) is 13.8 Å². The molecule has 0 aliphatic heterocycles. The lowest BCUT2D eigenvalue weighted by molar-refractivity contribution is -0.135. The van der Waals surface area contributed by atoms with E-state index in [1.807, 2.05) is 6.07 Å².